The summed E-state index contributed by atoms with van der Waals surface area (Å²) in [5, 5.41) is 0. The first kappa shape index (κ1) is 16.8. The van der Waals surface area contributed by atoms with Crippen molar-refractivity contribution in [1.29, 1.82) is 0 Å². The standard InChI is InChI=1S/C22H18N2O3/c1-26-17-13-11-16(12-14-17)21-20(15-7-4-3-5-8-15)22(25)24-18(23-21)9-6-10-19(24)27-2/h3-14H,1-2H3. The fraction of sp³-hybridized carbons (Fsp3) is 0.0909. The molecule has 0 atom stereocenters. The van der Waals surface area contributed by atoms with Crippen LogP contribution in [0.4, 0.5) is 0 Å². The molecule has 2 aromatic heterocycles. The van der Waals surface area contributed by atoms with Gasteiger partial charge < -0.3 is 9.47 Å². The number of hydrogen-bond acceptors (Lipinski definition) is 4. The van der Waals surface area contributed by atoms with E-state index in [1.54, 1.807) is 26.4 Å². The first-order valence-corrected chi connectivity index (χ1v) is 8.52. The molecule has 5 heteroatoms. The second-order valence-electron chi connectivity index (χ2n) is 6.00. The van der Waals surface area contributed by atoms with Gasteiger partial charge >= 0.3 is 0 Å². The molecule has 0 bridgehead atoms. The van der Waals surface area contributed by atoms with Gasteiger partial charge in [0.1, 0.15) is 11.4 Å². The maximum Gasteiger partial charge on any atom is 0.269 e. The van der Waals surface area contributed by atoms with Crippen LogP contribution < -0.4 is 15.0 Å². The second kappa shape index (κ2) is 6.96. The van der Waals surface area contributed by atoms with Gasteiger partial charge in [-0.05, 0) is 42.0 Å². The number of aromatic nitrogens is 2. The molecule has 0 unspecified atom stereocenters. The molecule has 0 aliphatic heterocycles. The Bertz CT molecular complexity index is 1150. The first-order valence-electron chi connectivity index (χ1n) is 8.52. The Morgan fingerprint density at radius 2 is 1.52 bits per heavy atom. The third kappa shape index (κ3) is 2.93. The van der Waals surface area contributed by atoms with Gasteiger partial charge in [0.05, 0.1) is 25.5 Å². The molecule has 27 heavy (non-hydrogen) atoms. The summed E-state index contributed by atoms with van der Waals surface area (Å²) < 4.78 is 12.1. The van der Waals surface area contributed by atoms with Crippen molar-refractivity contribution >= 4 is 5.65 Å². The average Bonchev–Trinajstić information content (AvgIpc) is 2.73. The van der Waals surface area contributed by atoms with Gasteiger partial charge in [0.25, 0.3) is 5.56 Å². The van der Waals surface area contributed by atoms with E-state index in [1.807, 2.05) is 60.7 Å². The molecule has 0 aliphatic carbocycles. The number of rotatable bonds is 4. The van der Waals surface area contributed by atoms with E-state index in [2.05, 4.69) is 0 Å². The topological polar surface area (TPSA) is 52.8 Å². The maximum absolute atomic E-state index is 13.4. The van der Waals surface area contributed by atoms with Gasteiger partial charge in [-0.3, -0.25) is 4.79 Å². The van der Waals surface area contributed by atoms with E-state index in [-0.39, 0.29) is 5.56 Å². The fourth-order valence-corrected chi connectivity index (χ4v) is 3.14. The fourth-order valence-electron chi connectivity index (χ4n) is 3.14. The molecule has 0 saturated carbocycles. The van der Waals surface area contributed by atoms with Crippen molar-refractivity contribution in [3.8, 4) is 34.0 Å². The van der Waals surface area contributed by atoms with Crippen LogP contribution in [0.5, 0.6) is 11.6 Å². The number of nitrogens with zero attached hydrogens (tertiary/aromatic N) is 2. The van der Waals surface area contributed by atoms with Crippen molar-refractivity contribution in [3.63, 3.8) is 0 Å². The van der Waals surface area contributed by atoms with E-state index in [9.17, 15) is 4.79 Å². The summed E-state index contributed by atoms with van der Waals surface area (Å²) in [6, 6.07) is 22.5. The van der Waals surface area contributed by atoms with Gasteiger partial charge in [0.15, 0.2) is 0 Å². The Kier molecular flexibility index (Phi) is 4.34. The smallest absolute Gasteiger partial charge is 0.269 e. The van der Waals surface area contributed by atoms with E-state index >= 15 is 0 Å². The summed E-state index contributed by atoms with van der Waals surface area (Å²) in [5.41, 5.74) is 3.17. The predicted molar refractivity (Wildman–Crippen MR) is 105 cm³/mol. The summed E-state index contributed by atoms with van der Waals surface area (Å²) in [6.45, 7) is 0. The zero-order valence-electron chi connectivity index (χ0n) is 15.0. The molecule has 5 nitrogen and oxygen atoms in total. The summed E-state index contributed by atoms with van der Waals surface area (Å²) in [4.78, 5) is 18.2. The normalized spacial score (nSPS) is 10.7. The second-order valence-corrected chi connectivity index (χ2v) is 6.00. The molecule has 0 spiro atoms. The monoisotopic (exact) mass is 358 g/mol. The summed E-state index contributed by atoms with van der Waals surface area (Å²) in [6.07, 6.45) is 0. The molecule has 4 aromatic rings. The van der Waals surface area contributed by atoms with Crippen LogP contribution in [-0.2, 0) is 0 Å². The van der Waals surface area contributed by atoms with Gasteiger partial charge in [0, 0.05) is 5.56 Å². The van der Waals surface area contributed by atoms with Gasteiger partial charge in [-0.2, -0.15) is 0 Å². The lowest BCUT2D eigenvalue weighted by Crippen LogP contribution is -2.20. The van der Waals surface area contributed by atoms with Crippen molar-refractivity contribution in [1.82, 2.24) is 9.38 Å². The largest absolute Gasteiger partial charge is 0.497 e. The Hall–Kier alpha value is -3.60. The number of pyridine rings is 1. The maximum atomic E-state index is 13.4. The lowest BCUT2D eigenvalue weighted by Gasteiger charge is -2.13. The molecule has 0 amide bonds. The Labute approximate surface area is 156 Å². The Morgan fingerprint density at radius 1 is 0.778 bits per heavy atom. The lowest BCUT2D eigenvalue weighted by molar-refractivity contribution is 0.390. The van der Waals surface area contributed by atoms with Crippen molar-refractivity contribution in [2.24, 2.45) is 0 Å². The molecule has 0 radical (unpaired) electrons. The highest BCUT2D eigenvalue weighted by molar-refractivity contribution is 5.81. The van der Waals surface area contributed by atoms with Crippen molar-refractivity contribution in [3.05, 3.63) is 83.2 Å². The SMILES string of the molecule is COc1ccc(-c2nc3cccc(OC)n3c(=O)c2-c2ccccc2)cc1. The predicted octanol–water partition coefficient (Wildman–Crippen LogP) is 4.05. The zero-order valence-corrected chi connectivity index (χ0v) is 15.0. The van der Waals surface area contributed by atoms with Crippen LogP contribution in [0.25, 0.3) is 28.0 Å². The van der Waals surface area contributed by atoms with Gasteiger partial charge in [-0.25, -0.2) is 9.38 Å². The molecule has 4 rings (SSSR count). The summed E-state index contributed by atoms with van der Waals surface area (Å²) in [7, 11) is 3.16. The number of hydrogen-bond donors (Lipinski definition) is 0. The minimum absolute atomic E-state index is 0.172. The van der Waals surface area contributed by atoms with E-state index in [0.29, 0.717) is 22.8 Å². The van der Waals surface area contributed by atoms with E-state index in [4.69, 9.17) is 14.5 Å². The Balaban J connectivity index is 2.09. The minimum Gasteiger partial charge on any atom is -0.497 e. The van der Waals surface area contributed by atoms with Gasteiger partial charge in [-0.15, -0.1) is 0 Å². The lowest BCUT2D eigenvalue weighted by atomic mass is 10.0. The quantitative estimate of drug-likeness (QED) is 0.552. The molecular weight excluding hydrogens is 340 g/mol. The molecule has 0 fully saturated rings. The molecule has 0 aliphatic rings. The highest BCUT2D eigenvalue weighted by Crippen LogP contribution is 2.30. The molecule has 0 saturated heterocycles. The molecular formula is C22H18N2O3. The number of ether oxygens (including phenoxy) is 2. The van der Waals surface area contributed by atoms with Crippen LogP contribution in [-0.4, -0.2) is 23.6 Å². The van der Waals surface area contributed by atoms with Crippen LogP contribution in [0.15, 0.2) is 77.6 Å². The van der Waals surface area contributed by atoms with Crippen LogP contribution in [0.3, 0.4) is 0 Å². The van der Waals surface area contributed by atoms with E-state index in [0.717, 1.165) is 16.9 Å². The third-order valence-corrected chi connectivity index (χ3v) is 4.45. The molecule has 0 N–H and O–H groups in total. The van der Waals surface area contributed by atoms with Gasteiger partial charge in [0.2, 0.25) is 5.88 Å². The van der Waals surface area contributed by atoms with Crippen molar-refractivity contribution in [2.45, 2.75) is 0 Å². The highest BCUT2D eigenvalue weighted by atomic mass is 16.5. The van der Waals surface area contributed by atoms with Gasteiger partial charge in [-0.1, -0.05) is 36.4 Å². The molecule has 2 aromatic carbocycles. The van der Waals surface area contributed by atoms with Crippen LogP contribution in [0.2, 0.25) is 0 Å². The number of benzene rings is 2. The van der Waals surface area contributed by atoms with Crippen molar-refractivity contribution in [2.75, 3.05) is 14.2 Å². The number of fused-ring (bicyclic) bond motifs is 1. The Morgan fingerprint density at radius 3 is 2.19 bits per heavy atom. The minimum atomic E-state index is -0.172. The van der Waals surface area contributed by atoms with Crippen molar-refractivity contribution < 1.29 is 9.47 Å². The molecule has 2 heterocycles. The first-order chi connectivity index (χ1) is 13.2. The summed E-state index contributed by atoms with van der Waals surface area (Å²) in [5.74, 6) is 1.20. The zero-order chi connectivity index (χ0) is 18.8. The highest BCUT2D eigenvalue weighted by Gasteiger charge is 2.18. The van der Waals surface area contributed by atoms with Crippen LogP contribution in [0, 0.1) is 0 Å². The third-order valence-electron chi connectivity index (χ3n) is 4.45. The number of methoxy groups -OCH3 is 2. The van der Waals surface area contributed by atoms with E-state index < -0.39 is 0 Å². The van der Waals surface area contributed by atoms with E-state index in [1.165, 1.54) is 4.40 Å². The van der Waals surface area contributed by atoms with Crippen LogP contribution >= 0.6 is 0 Å². The molecule has 134 valence electrons. The average molecular weight is 358 g/mol. The summed E-state index contributed by atoms with van der Waals surface area (Å²) >= 11 is 0. The van der Waals surface area contributed by atoms with Crippen LogP contribution in [0.1, 0.15) is 0 Å².